The molecule has 1 atom stereocenters. The molecule has 3 fully saturated rings. The summed E-state index contributed by atoms with van der Waals surface area (Å²) in [5.74, 6) is -6.25. The van der Waals surface area contributed by atoms with Crippen molar-refractivity contribution in [2.24, 2.45) is 5.92 Å². The molecule has 3 aromatic rings. The SMILES string of the molecule is CCN1CC(F)(F)C(=O)N(C)c2cnc(Nc3ccc(C(=O)NC4CCN(CCC5CCN(c6cc(F)c(NC7CCC(=O)NC7=O)cc6F)CC5)CC4)cc3OC)nc21. The number of aromatic nitrogens is 2. The second-order valence-electron chi connectivity index (χ2n) is 15.8. The van der Waals surface area contributed by atoms with Gasteiger partial charge in [0.25, 0.3) is 11.8 Å². The van der Waals surface area contributed by atoms with E-state index in [0.717, 1.165) is 62.7 Å². The van der Waals surface area contributed by atoms with E-state index in [-0.39, 0.29) is 66.1 Å². The van der Waals surface area contributed by atoms with Crippen molar-refractivity contribution >= 4 is 58.1 Å². The number of rotatable bonds is 12. The zero-order valence-corrected chi connectivity index (χ0v) is 33.8. The highest BCUT2D eigenvalue weighted by molar-refractivity contribution is 6.02. The first-order chi connectivity index (χ1) is 28.7. The van der Waals surface area contributed by atoms with Gasteiger partial charge in [-0.15, -0.1) is 0 Å². The number of ether oxygens (including phenoxy) is 1. The minimum atomic E-state index is -3.59. The van der Waals surface area contributed by atoms with E-state index in [1.165, 1.54) is 31.3 Å². The lowest BCUT2D eigenvalue weighted by Crippen LogP contribution is -2.47. The van der Waals surface area contributed by atoms with Crippen molar-refractivity contribution in [2.75, 3.05) is 85.3 Å². The Morgan fingerprint density at radius 2 is 1.72 bits per heavy atom. The molecule has 19 heteroatoms. The second kappa shape index (κ2) is 17.9. The summed E-state index contributed by atoms with van der Waals surface area (Å²) in [7, 11) is 2.73. The van der Waals surface area contributed by atoms with Crippen LogP contribution in [0.15, 0.2) is 36.5 Å². The summed E-state index contributed by atoms with van der Waals surface area (Å²) in [5, 5.41) is 11.1. The molecule has 0 radical (unpaired) electrons. The van der Waals surface area contributed by atoms with Gasteiger partial charge in [-0.1, -0.05) is 0 Å². The van der Waals surface area contributed by atoms with Crippen LogP contribution < -0.4 is 40.7 Å². The van der Waals surface area contributed by atoms with Crippen LogP contribution in [0.5, 0.6) is 5.75 Å². The quantitative estimate of drug-likeness (QED) is 0.148. The molecular weight excluding hydrogens is 789 g/mol. The highest BCUT2D eigenvalue weighted by atomic mass is 19.3. The van der Waals surface area contributed by atoms with Crippen LogP contribution in [0.2, 0.25) is 0 Å². The van der Waals surface area contributed by atoms with Crippen molar-refractivity contribution in [2.45, 2.75) is 69.9 Å². The molecule has 1 unspecified atom stereocenters. The van der Waals surface area contributed by atoms with Crippen molar-refractivity contribution in [1.29, 1.82) is 0 Å². The summed E-state index contributed by atoms with van der Waals surface area (Å²) in [4.78, 5) is 64.4. The van der Waals surface area contributed by atoms with E-state index >= 15 is 8.78 Å². The van der Waals surface area contributed by atoms with Crippen LogP contribution in [-0.4, -0.2) is 116 Å². The van der Waals surface area contributed by atoms with Gasteiger partial charge in [-0.05, 0) is 76.1 Å². The van der Waals surface area contributed by atoms with Crippen LogP contribution in [0.3, 0.4) is 0 Å². The number of halogens is 4. The minimum absolute atomic E-state index is 0.00596. The molecule has 1 aromatic heterocycles. The fraction of sp³-hybridized carbons (Fsp3) is 0.512. The molecule has 4 N–H and O–H groups in total. The number of fused-ring (bicyclic) bond motifs is 1. The number of benzene rings is 2. The van der Waals surface area contributed by atoms with E-state index in [1.54, 1.807) is 25.1 Å². The Balaban J connectivity index is 0.856. The molecule has 15 nitrogen and oxygen atoms in total. The van der Waals surface area contributed by atoms with Crippen molar-refractivity contribution in [3.8, 4) is 5.75 Å². The number of carbonyl (C=O) groups excluding carboxylic acids is 4. The molecule has 7 rings (SSSR count). The summed E-state index contributed by atoms with van der Waals surface area (Å²) < 4.78 is 64.9. The second-order valence-corrected chi connectivity index (χ2v) is 15.8. The van der Waals surface area contributed by atoms with Gasteiger partial charge in [0.2, 0.25) is 17.8 Å². The lowest BCUT2D eigenvalue weighted by Gasteiger charge is -2.36. The molecular formula is C41H50F4N10O5. The Bertz CT molecular complexity index is 2110. The summed E-state index contributed by atoms with van der Waals surface area (Å²) in [5.41, 5.74) is 1.10. The number of amides is 4. The van der Waals surface area contributed by atoms with Gasteiger partial charge < -0.3 is 40.3 Å². The number of imide groups is 1. The number of carbonyl (C=O) groups is 4. The molecule has 3 saturated heterocycles. The van der Waals surface area contributed by atoms with E-state index in [1.807, 2.05) is 4.90 Å². The largest absolute Gasteiger partial charge is 0.495 e. The van der Waals surface area contributed by atoms with Gasteiger partial charge in [0.15, 0.2) is 5.82 Å². The van der Waals surface area contributed by atoms with Gasteiger partial charge in [-0.3, -0.25) is 24.5 Å². The van der Waals surface area contributed by atoms with Crippen LogP contribution in [0.25, 0.3) is 0 Å². The summed E-state index contributed by atoms with van der Waals surface area (Å²) in [6.45, 7) is 4.84. The first kappa shape index (κ1) is 42.4. The van der Waals surface area contributed by atoms with Crippen LogP contribution in [0.1, 0.15) is 62.2 Å². The number of likely N-dealkylation sites (tertiary alicyclic amines) is 1. The number of nitrogens with zero attached hydrogens (tertiary/aromatic N) is 6. The summed E-state index contributed by atoms with van der Waals surface area (Å²) in [6, 6.07) is 6.35. The molecule has 0 saturated carbocycles. The zero-order chi connectivity index (χ0) is 42.7. The molecule has 5 heterocycles. The van der Waals surface area contributed by atoms with Crippen LogP contribution in [0, 0.1) is 17.6 Å². The van der Waals surface area contributed by atoms with Crippen LogP contribution >= 0.6 is 0 Å². The smallest absolute Gasteiger partial charge is 0.342 e. The lowest BCUT2D eigenvalue weighted by molar-refractivity contribution is -0.140. The fourth-order valence-corrected chi connectivity index (χ4v) is 8.26. The van der Waals surface area contributed by atoms with Crippen LogP contribution in [0.4, 0.5) is 52.1 Å². The van der Waals surface area contributed by atoms with E-state index in [2.05, 4.69) is 36.1 Å². The highest BCUT2D eigenvalue weighted by Crippen LogP contribution is 2.37. The molecule has 0 spiro atoms. The van der Waals surface area contributed by atoms with Gasteiger partial charge in [0.1, 0.15) is 29.1 Å². The average molecular weight is 839 g/mol. The van der Waals surface area contributed by atoms with E-state index in [9.17, 15) is 28.0 Å². The summed E-state index contributed by atoms with van der Waals surface area (Å²) >= 11 is 0. The number of hydrogen-bond acceptors (Lipinski definition) is 12. The van der Waals surface area contributed by atoms with E-state index in [4.69, 9.17) is 4.74 Å². The Labute approximate surface area is 345 Å². The first-order valence-corrected chi connectivity index (χ1v) is 20.3. The van der Waals surface area contributed by atoms with Crippen molar-refractivity contribution < 1.29 is 41.5 Å². The standard InChI is InChI=1S/C41H50F4N10O5/c1-4-54-23-41(44,45)39(59)52(2)33-22-46-40(51-36(33)54)49-29-6-5-25(19-34(29)60-3)37(57)47-26-12-15-53(16-13-26)14-9-24-10-17-55(18-11-24)32-21-27(42)31(20-28(32)43)48-30-7-8-35(56)50-38(30)58/h5-6,19-22,24,26,30,48H,4,7-18,23H2,1-3H3,(H,47,57)(H,46,49,51)(H,50,56,58). The Morgan fingerprint density at radius 3 is 2.42 bits per heavy atom. The van der Waals surface area contributed by atoms with Gasteiger partial charge in [0.05, 0.1) is 36.9 Å². The zero-order valence-electron chi connectivity index (χ0n) is 33.8. The molecule has 0 bridgehead atoms. The number of hydrogen-bond donors (Lipinski definition) is 4. The molecule has 0 aliphatic carbocycles. The van der Waals surface area contributed by atoms with Crippen molar-refractivity contribution in [3.05, 3.63) is 53.7 Å². The monoisotopic (exact) mass is 838 g/mol. The Hall–Kier alpha value is -5.72. The highest BCUT2D eigenvalue weighted by Gasteiger charge is 2.47. The number of anilines is 6. The van der Waals surface area contributed by atoms with Gasteiger partial charge in [0, 0.05) is 69.9 Å². The maximum absolute atomic E-state index is 15.2. The predicted molar refractivity (Wildman–Crippen MR) is 217 cm³/mol. The molecule has 4 aliphatic heterocycles. The Morgan fingerprint density at radius 1 is 0.967 bits per heavy atom. The van der Waals surface area contributed by atoms with Gasteiger partial charge >= 0.3 is 5.92 Å². The average Bonchev–Trinajstić information content (AvgIpc) is 3.31. The first-order valence-electron chi connectivity index (χ1n) is 20.3. The lowest BCUT2D eigenvalue weighted by atomic mass is 9.92. The predicted octanol–water partition coefficient (Wildman–Crippen LogP) is 4.66. The number of piperidine rings is 3. The molecule has 2 aromatic carbocycles. The maximum atomic E-state index is 15.2. The molecule has 60 heavy (non-hydrogen) atoms. The fourth-order valence-electron chi connectivity index (χ4n) is 8.26. The Kier molecular flexibility index (Phi) is 12.6. The third-order valence-electron chi connectivity index (χ3n) is 11.8. The van der Waals surface area contributed by atoms with Gasteiger partial charge in [-0.2, -0.15) is 13.8 Å². The van der Waals surface area contributed by atoms with Crippen molar-refractivity contribution in [1.82, 2.24) is 25.5 Å². The third-order valence-corrected chi connectivity index (χ3v) is 11.8. The maximum Gasteiger partial charge on any atom is 0.342 e. The molecule has 4 aliphatic rings. The van der Waals surface area contributed by atoms with E-state index in [0.29, 0.717) is 36.0 Å². The summed E-state index contributed by atoms with van der Waals surface area (Å²) in [6.07, 6.45) is 5.91. The van der Waals surface area contributed by atoms with Crippen LogP contribution in [-0.2, 0) is 14.4 Å². The van der Waals surface area contributed by atoms with Crippen molar-refractivity contribution in [3.63, 3.8) is 0 Å². The third kappa shape index (κ3) is 9.35. The van der Waals surface area contributed by atoms with Gasteiger partial charge in [-0.25, -0.2) is 13.8 Å². The normalized spacial score (nSPS) is 20.4. The molecule has 4 amide bonds. The number of nitrogens with one attached hydrogen (secondary N) is 4. The number of methoxy groups -OCH3 is 1. The minimum Gasteiger partial charge on any atom is -0.495 e. The van der Waals surface area contributed by atoms with E-state index < -0.39 is 42.0 Å². The molecule has 322 valence electrons. The number of alkyl halides is 2. The topological polar surface area (TPSA) is 164 Å².